The number of halogens is 1. The van der Waals surface area contributed by atoms with Gasteiger partial charge < -0.3 is 4.90 Å². The largest absolute Gasteiger partial charge is 0.356 e. The molecular formula is C16H26ClN3. The summed E-state index contributed by atoms with van der Waals surface area (Å²) < 4.78 is 0. The standard InChI is InChI=1S/C16H26ClN3/c1-6-13-18-14(17)11(2)15(19-13)20(5)12-7-9-16(3,4)10-8-12/h12H,6-10H2,1-5H3. The van der Waals surface area contributed by atoms with Crippen molar-refractivity contribution in [2.24, 2.45) is 5.41 Å². The van der Waals surface area contributed by atoms with E-state index in [1.807, 2.05) is 6.92 Å². The van der Waals surface area contributed by atoms with Crippen molar-refractivity contribution in [1.82, 2.24) is 9.97 Å². The van der Waals surface area contributed by atoms with Crippen molar-refractivity contribution in [3.8, 4) is 0 Å². The Morgan fingerprint density at radius 3 is 2.40 bits per heavy atom. The molecular weight excluding hydrogens is 270 g/mol. The van der Waals surface area contributed by atoms with Gasteiger partial charge in [0.2, 0.25) is 0 Å². The molecule has 0 atom stereocenters. The second-order valence-corrected chi connectivity index (χ2v) is 7.10. The quantitative estimate of drug-likeness (QED) is 0.774. The Morgan fingerprint density at radius 1 is 1.25 bits per heavy atom. The molecule has 4 heteroatoms. The molecule has 2 rings (SSSR count). The molecule has 3 nitrogen and oxygen atoms in total. The van der Waals surface area contributed by atoms with Crippen molar-refractivity contribution in [2.75, 3.05) is 11.9 Å². The molecule has 0 radical (unpaired) electrons. The zero-order valence-electron chi connectivity index (χ0n) is 13.3. The predicted molar refractivity (Wildman–Crippen MR) is 85.6 cm³/mol. The molecule has 0 spiro atoms. The lowest BCUT2D eigenvalue weighted by Crippen LogP contribution is -2.38. The Balaban J connectivity index is 2.21. The van der Waals surface area contributed by atoms with Gasteiger partial charge in [-0.1, -0.05) is 32.4 Å². The molecule has 112 valence electrons. The minimum atomic E-state index is 0.490. The maximum Gasteiger partial charge on any atom is 0.137 e. The first-order chi connectivity index (χ1) is 9.34. The van der Waals surface area contributed by atoms with Gasteiger partial charge >= 0.3 is 0 Å². The summed E-state index contributed by atoms with van der Waals surface area (Å²) in [6.07, 6.45) is 5.83. The topological polar surface area (TPSA) is 29.0 Å². The summed E-state index contributed by atoms with van der Waals surface area (Å²) in [4.78, 5) is 11.3. The summed E-state index contributed by atoms with van der Waals surface area (Å²) in [7, 11) is 2.15. The van der Waals surface area contributed by atoms with Crippen molar-refractivity contribution in [2.45, 2.75) is 65.8 Å². The van der Waals surface area contributed by atoms with Crippen LogP contribution in [0.1, 0.15) is 57.8 Å². The molecule has 0 aliphatic heterocycles. The first-order valence-corrected chi connectivity index (χ1v) is 7.97. The highest BCUT2D eigenvalue weighted by atomic mass is 35.5. The number of aromatic nitrogens is 2. The van der Waals surface area contributed by atoms with Crippen LogP contribution < -0.4 is 4.90 Å². The van der Waals surface area contributed by atoms with Gasteiger partial charge in [0.05, 0.1) is 0 Å². The third-order valence-electron chi connectivity index (χ3n) is 4.61. The molecule has 1 aromatic rings. The van der Waals surface area contributed by atoms with E-state index in [1.54, 1.807) is 0 Å². The van der Waals surface area contributed by atoms with Crippen LogP contribution in [-0.2, 0) is 6.42 Å². The fourth-order valence-corrected chi connectivity index (χ4v) is 3.15. The lowest BCUT2D eigenvalue weighted by atomic mass is 9.75. The monoisotopic (exact) mass is 295 g/mol. The predicted octanol–water partition coefficient (Wildman–Crippen LogP) is 4.41. The van der Waals surface area contributed by atoms with E-state index in [4.69, 9.17) is 16.6 Å². The average Bonchev–Trinajstić information content (AvgIpc) is 2.41. The van der Waals surface area contributed by atoms with E-state index in [2.05, 4.69) is 37.7 Å². The lowest BCUT2D eigenvalue weighted by Gasteiger charge is -2.39. The van der Waals surface area contributed by atoms with E-state index >= 15 is 0 Å². The van der Waals surface area contributed by atoms with Gasteiger partial charge in [-0.2, -0.15) is 0 Å². The van der Waals surface area contributed by atoms with E-state index in [9.17, 15) is 0 Å². The van der Waals surface area contributed by atoms with E-state index in [0.717, 1.165) is 23.6 Å². The summed E-state index contributed by atoms with van der Waals surface area (Å²) in [5, 5.41) is 0.592. The Hall–Kier alpha value is -0.830. The highest BCUT2D eigenvalue weighted by Gasteiger charge is 2.30. The van der Waals surface area contributed by atoms with Gasteiger partial charge in [0.15, 0.2) is 0 Å². The van der Waals surface area contributed by atoms with Crippen LogP contribution in [0.15, 0.2) is 0 Å². The second kappa shape index (κ2) is 5.88. The zero-order valence-corrected chi connectivity index (χ0v) is 14.1. The summed E-state index contributed by atoms with van der Waals surface area (Å²) in [5.41, 5.74) is 1.49. The number of anilines is 1. The van der Waals surface area contributed by atoms with Gasteiger partial charge in [0, 0.05) is 25.1 Å². The normalized spacial score (nSPS) is 19.1. The molecule has 20 heavy (non-hydrogen) atoms. The van der Waals surface area contributed by atoms with Crippen molar-refractivity contribution in [3.05, 3.63) is 16.5 Å². The lowest BCUT2D eigenvalue weighted by molar-refractivity contribution is 0.222. The number of rotatable bonds is 3. The summed E-state index contributed by atoms with van der Waals surface area (Å²) in [6, 6.07) is 0.567. The van der Waals surface area contributed by atoms with Crippen LogP contribution in [-0.4, -0.2) is 23.1 Å². The Bertz CT molecular complexity index is 475. The number of hydrogen-bond donors (Lipinski definition) is 0. The van der Waals surface area contributed by atoms with Gasteiger partial charge in [-0.25, -0.2) is 9.97 Å². The Kier molecular flexibility index (Phi) is 4.58. The van der Waals surface area contributed by atoms with Crippen LogP contribution in [0.25, 0.3) is 0 Å². The second-order valence-electron chi connectivity index (χ2n) is 6.74. The molecule has 0 saturated heterocycles. The smallest absolute Gasteiger partial charge is 0.137 e. The fraction of sp³-hybridized carbons (Fsp3) is 0.750. The maximum absolute atomic E-state index is 6.25. The molecule has 1 fully saturated rings. The first kappa shape index (κ1) is 15.6. The number of hydrogen-bond acceptors (Lipinski definition) is 3. The van der Waals surface area contributed by atoms with Gasteiger partial charge in [0.25, 0.3) is 0 Å². The average molecular weight is 296 g/mol. The molecule has 1 heterocycles. The van der Waals surface area contributed by atoms with Gasteiger partial charge in [-0.05, 0) is 38.0 Å². The van der Waals surface area contributed by atoms with E-state index in [-0.39, 0.29) is 0 Å². The molecule has 0 aromatic carbocycles. The zero-order chi connectivity index (χ0) is 14.9. The Morgan fingerprint density at radius 2 is 1.85 bits per heavy atom. The molecule has 0 unspecified atom stereocenters. The van der Waals surface area contributed by atoms with E-state index in [0.29, 0.717) is 16.6 Å². The summed E-state index contributed by atoms with van der Waals surface area (Å²) in [6.45, 7) is 8.81. The molecule has 0 N–H and O–H groups in total. The van der Waals surface area contributed by atoms with Crippen LogP contribution in [0.5, 0.6) is 0 Å². The van der Waals surface area contributed by atoms with Crippen LogP contribution >= 0.6 is 11.6 Å². The van der Waals surface area contributed by atoms with Crippen molar-refractivity contribution in [1.29, 1.82) is 0 Å². The van der Waals surface area contributed by atoms with Crippen molar-refractivity contribution < 1.29 is 0 Å². The maximum atomic E-state index is 6.25. The fourth-order valence-electron chi connectivity index (χ4n) is 2.97. The molecule has 0 amide bonds. The van der Waals surface area contributed by atoms with Crippen molar-refractivity contribution >= 4 is 17.4 Å². The molecule has 1 saturated carbocycles. The third kappa shape index (κ3) is 3.25. The molecule has 1 aliphatic rings. The highest BCUT2D eigenvalue weighted by molar-refractivity contribution is 6.30. The summed E-state index contributed by atoms with van der Waals surface area (Å²) >= 11 is 6.25. The minimum Gasteiger partial charge on any atom is -0.356 e. The Labute approximate surface area is 127 Å². The third-order valence-corrected chi connectivity index (χ3v) is 4.98. The molecule has 1 aliphatic carbocycles. The SMILES string of the molecule is CCc1nc(Cl)c(C)c(N(C)C2CCC(C)(C)CC2)n1. The first-order valence-electron chi connectivity index (χ1n) is 7.60. The number of aryl methyl sites for hydroxylation is 1. The van der Waals surface area contributed by atoms with Crippen LogP contribution in [0.3, 0.4) is 0 Å². The molecule has 0 bridgehead atoms. The van der Waals surface area contributed by atoms with Gasteiger partial charge in [-0.3, -0.25) is 0 Å². The van der Waals surface area contributed by atoms with Gasteiger partial charge in [0.1, 0.15) is 16.8 Å². The van der Waals surface area contributed by atoms with Crippen LogP contribution in [0, 0.1) is 12.3 Å². The minimum absolute atomic E-state index is 0.490. The van der Waals surface area contributed by atoms with Crippen LogP contribution in [0.2, 0.25) is 5.15 Å². The highest BCUT2D eigenvalue weighted by Crippen LogP contribution is 2.38. The van der Waals surface area contributed by atoms with E-state index in [1.165, 1.54) is 25.7 Å². The number of nitrogens with zero attached hydrogens (tertiary/aromatic N) is 3. The van der Waals surface area contributed by atoms with Crippen molar-refractivity contribution in [3.63, 3.8) is 0 Å². The van der Waals surface area contributed by atoms with E-state index < -0.39 is 0 Å². The molecule has 1 aromatic heterocycles. The van der Waals surface area contributed by atoms with Crippen LogP contribution in [0.4, 0.5) is 5.82 Å². The van der Waals surface area contributed by atoms with Gasteiger partial charge in [-0.15, -0.1) is 0 Å². The summed E-state index contributed by atoms with van der Waals surface area (Å²) in [5.74, 6) is 1.84.